The third kappa shape index (κ3) is 2.73. The largest absolute Gasteiger partial charge is 0.478 e. The zero-order valence-electron chi connectivity index (χ0n) is 9.48. The number of hydrogen-bond acceptors (Lipinski definition) is 2. The van der Waals surface area contributed by atoms with Gasteiger partial charge >= 0.3 is 5.97 Å². The van der Waals surface area contributed by atoms with Crippen LogP contribution in [0.1, 0.15) is 22.3 Å². The Morgan fingerprint density at radius 3 is 2.53 bits per heavy atom. The first-order chi connectivity index (χ1) is 8.99. The minimum Gasteiger partial charge on any atom is -0.478 e. The summed E-state index contributed by atoms with van der Waals surface area (Å²) in [4.78, 5) is 14.5. The molecule has 0 aliphatic carbocycles. The molecule has 0 unspecified atom stereocenters. The Hall–Kier alpha value is -2.37. The highest BCUT2D eigenvalue weighted by molar-refractivity contribution is 5.88. The number of alkyl halides is 2. The van der Waals surface area contributed by atoms with Crippen molar-refractivity contribution in [2.24, 2.45) is 0 Å². The van der Waals surface area contributed by atoms with E-state index in [9.17, 15) is 18.0 Å². The molecule has 1 heterocycles. The molecule has 0 saturated heterocycles. The topological polar surface area (TPSA) is 50.2 Å². The normalized spacial score (nSPS) is 10.7. The maximum absolute atomic E-state index is 13.2. The van der Waals surface area contributed by atoms with Crippen molar-refractivity contribution < 1.29 is 23.1 Å². The molecule has 0 aliphatic heterocycles. The maximum atomic E-state index is 13.2. The Bertz CT molecular complexity index is 629. The van der Waals surface area contributed by atoms with Crippen LogP contribution in [0, 0.1) is 5.82 Å². The third-order valence-corrected chi connectivity index (χ3v) is 2.55. The fraction of sp³-hybridized carbons (Fsp3) is 0.0769. The average Bonchev–Trinajstić information content (AvgIpc) is 2.39. The number of aromatic nitrogens is 1. The second-order valence-corrected chi connectivity index (χ2v) is 3.80. The molecule has 98 valence electrons. The first-order valence-corrected chi connectivity index (χ1v) is 5.25. The van der Waals surface area contributed by atoms with Gasteiger partial charge in [-0.25, -0.2) is 18.0 Å². The molecule has 3 nitrogen and oxygen atoms in total. The molecule has 1 aromatic heterocycles. The number of aromatic carboxylic acids is 1. The second kappa shape index (κ2) is 5.09. The van der Waals surface area contributed by atoms with Crippen molar-refractivity contribution >= 4 is 5.97 Å². The summed E-state index contributed by atoms with van der Waals surface area (Å²) in [5.74, 6) is -2.17. The lowest BCUT2D eigenvalue weighted by atomic mass is 10.0. The molecule has 0 aliphatic rings. The van der Waals surface area contributed by atoms with Gasteiger partial charge in [0.2, 0.25) is 0 Å². The molecular formula is C13H8F3NO2. The Balaban J connectivity index is 2.50. The van der Waals surface area contributed by atoms with Crippen molar-refractivity contribution in [1.29, 1.82) is 0 Å². The SMILES string of the molecule is O=C(O)c1cncc(-c2ccc(F)c(C(F)F)c2)c1. The van der Waals surface area contributed by atoms with Gasteiger partial charge in [-0.05, 0) is 23.8 Å². The number of pyridine rings is 1. The number of rotatable bonds is 3. The Labute approximate surface area is 106 Å². The van der Waals surface area contributed by atoms with E-state index in [4.69, 9.17) is 5.11 Å². The highest BCUT2D eigenvalue weighted by atomic mass is 19.3. The molecule has 1 aromatic carbocycles. The minimum absolute atomic E-state index is 0.0691. The van der Waals surface area contributed by atoms with Crippen molar-refractivity contribution in [2.45, 2.75) is 6.43 Å². The summed E-state index contributed by atoms with van der Waals surface area (Å²) in [6.07, 6.45) is -0.464. The molecule has 6 heteroatoms. The van der Waals surface area contributed by atoms with Gasteiger partial charge in [-0.2, -0.15) is 0 Å². The lowest BCUT2D eigenvalue weighted by Crippen LogP contribution is -1.98. The van der Waals surface area contributed by atoms with Gasteiger partial charge < -0.3 is 5.11 Å². The fourth-order valence-electron chi connectivity index (χ4n) is 1.61. The van der Waals surface area contributed by atoms with Gasteiger partial charge in [0.05, 0.1) is 11.1 Å². The second-order valence-electron chi connectivity index (χ2n) is 3.80. The van der Waals surface area contributed by atoms with Crippen LogP contribution in [0.25, 0.3) is 11.1 Å². The first-order valence-electron chi connectivity index (χ1n) is 5.25. The zero-order chi connectivity index (χ0) is 14.0. The van der Waals surface area contributed by atoms with E-state index >= 15 is 0 Å². The Morgan fingerprint density at radius 1 is 1.16 bits per heavy atom. The van der Waals surface area contributed by atoms with Gasteiger partial charge in [0, 0.05) is 18.0 Å². The average molecular weight is 267 g/mol. The number of carboxylic acid groups (broad SMARTS) is 1. The van der Waals surface area contributed by atoms with E-state index in [-0.39, 0.29) is 11.1 Å². The van der Waals surface area contributed by atoms with Crippen molar-refractivity contribution in [1.82, 2.24) is 4.98 Å². The number of carboxylic acids is 1. The van der Waals surface area contributed by atoms with Crippen LogP contribution >= 0.6 is 0 Å². The number of benzene rings is 1. The third-order valence-electron chi connectivity index (χ3n) is 2.55. The molecule has 0 amide bonds. The monoisotopic (exact) mass is 267 g/mol. The van der Waals surface area contributed by atoms with Crippen LogP contribution in [-0.4, -0.2) is 16.1 Å². The highest BCUT2D eigenvalue weighted by Crippen LogP contribution is 2.28. The van der Waals surface area contributed by atoms with E-state index in [1.165, 1.54) is 18.3 Å². The van der Waals surface area contributed by atoms with E-state index in [0.29, 0.717) is 5.56 Å². The lowest BCUT2D eigenvalue weighted by molar-refractivity contribution is 0.0696. The van der Waals surface area contributed by atoms with E-state index in [2.05, 4.69) is 4.98 Å². The fourth-order valence-corrected chi connectivity index (χ4v) is 1.61. The summed E-state index contributed by atoms with van der Waals surface area (Å²) >= 11 is 0. The Kier molecular flexibility index (Phi) is 3.50. The van der Waals surface area contributed by atoms with E-state index in [1.54, 1.807) is 0 Å². The van der Waals surface area contributed by atoms with Gasteiger partial charge in [0.15, 0.2) is 0 Å². The summed E-state index contributed by atoms with van der Waals surface area (Å²) < 4.78 is 38.3. The van der Waals surface area contributed by atoms with Gasteiger partial charge in [0.1, 0.15) is 5.82 Å². The molecule has 0 spiro atoms. The molecule has 1 N–H and O–H groups in total. The quantitative estimate of drug-likeness (QED) is 0.925. The zero-order valence-corrected chi connectivity index (χ0v) is 9.48. The van der Waals surface area contributed by atoms with Crippen LogP contribution in [0.15, 0.2) is 36.7 Å². The Morgan fingerprint density at radius 2 is 1.89 bits per heavy atom. The smallest absolute Gasteiger partial charge is 0.337 e. The summed E-state index contributed by atoms with van der Waals surface area (Å²) in [5.41, 5.74) is -0.173. The van der Waals surface area contributed by atoms with Crippen LogP contribution in [0.3, 0.4) is 0 Å². The molecule has 0 fully saturated rings. The number of carbonyl (C=O) groups is 1. The number of nitrogens with zero attached hydrogens (tertiary/aromatic N) is 1. The maximum Gasteiger partial charge on any atom is 0.337 e. The summed E-state index contributed by atoms with van der Waals surface area (Å²) in [6.45, 7) is 0. The minimum atomic E-state index is -2.93. The molecule has 0 bridgehead atoms. The summed E-state index contributed by atoms with van der Waals surface area (Å²) in [7, 11) is 0. The van der Waals surface area contributed by atoms with Crippen LogP contribution in [0.5, 0.6) is 0 Å². The standard InChI is InChI=1S/C13H8F3NO2/c14-11-2-1-7(4-10(11)12(15)16)8-3-9(13(18)19)6-17-5-8/h1-6,12H,(H,18,19). The molecule has 0 radical (unpaired) electrons. The van der Waals surface area contributed by atoms with Crippen molar-refractivity contribution in [3.63, 3.8) is 0 Å². The van der Waals surface area contributed by atoms with Crippen LogP contribution in [-0.2, 0) is 0 Å². The molecule has 0 saturated carbocycles. The van der Waals surface area contributed by atoms with E-state index in [0.717, 1.165) is 18.3 Å². The van der Waals surface area contributed by atoms with Gasteiger partial charge in [0.25, 0.3) is 6.43 Å². The van der Waals surface area contributed by atoms with E-state index in [1.807, 2.05) is 0 Å². The lowest BCUT2D eigenvalue weighted by Gasteiger charge is -2.06. The van der Waals surface area contributed by atoms with Crippen molar-refractivity contribution in [3.8, 4) is 11.1 Å². The predicted octanol–water partition coefficient (Wildman–Crippen LogP) is 3.52. The number of halogens is 3. The summed E-state index contributed by atoms with van der Waals surface area (Å²) in [5, 5.41) is 8.82. The van der Waals surface area contributed by atoms with Crippen LogP contribution < -0.4 is 0 Å². The first kappa shape index (κ1) is 13.1. The van der Waals surface area contributed by atoms with Crippen molar-refractivity contribution in [2.75, 3.05) is 0 Å². The molecule has 2 aromatic rings. The van der Waals surface area contributed by atoms with Gasteiger partial charge in [-0.1, -0.05) is 6.07 Å². The van der Waals surface area contributed by atoms with E-state index < -0.39 is 23.8 Å². The molecular weight excluding hydrogens is 259 g/mol. The van der Waals surface area contributed by atoms with Crippen molar-refractivity contribution in [3.05, 3.63) is 53.6 Å². The van der Waals surface area contributed by atoms with Crippen LogP contribution in [0.4, 0.5) is 13.2 Å². The highest BCUT2D eigenvalue weighted by Gasteiger charge is 2.15. The molecule has 0 atom stereocenters. The van der Waals surface area contributed by atoms with Gasteiger partial charge in [-0.3, -0.25) is 4.98 Å². The summed E-state index contributed by atoms with van der Waals surface area (Å²) in [6, 6.07) is 4.49. The van der Waals surface area contributed by atoms with Crippen LogP contribution in [0.2, 0.25) is 0 Å². The van der Waals surface area contributed by atoms with Gasteiger partial charge in [-0.15, -0.1) is 0 Å². The predicted molar refractivity (Wildman–Crippen MR) is 61.5 cm³/mol. The molecule has 19 heavy (non-hydrogen) atoms. The number of hydrogen-bond donors (Lipinski definition) is 1. The molecule has 2 rings (SSSR count).